The Balaban J connectivity index is 2.25. The number of benzene rings is 1. The van der Waals surface area contributed by atoms with Gasteiger partial charge in [-0.15, -0.1) is 0 Å². The highest BCUT2D eigenvalue weighted by molar-refractivity contribution is 6.34. The molecule has 1 N–H and O–H groups in total. The molecule has 0 saturated heterocycles. The largest absolute Gasteiger partial charge is 0.496 e. The van der Waals surface area contributed by atoms with Gasteiger partial charge in [-0.2, -0.15) is 0 Å². The summed E-state index contributed by atoms with van der Waals surface area (Å²) in [5.74, 6) is 0.804. The first-order chi connectivity index (χ1) is 9.59. The third kappa shape index (κ3) is 1.85. The molecule has 1 fully saturated rings. The third-order valence-electron chi connectivity index (χ3n) is 4.48. The Hall–Kier alpha value is -1.42. The Morgan fingerprint density at radius 3 is 2.65 bits per heavy atom. The molecule has 3 rings (SSSR count). The van der Waals surface area contributed by atoms with Gasteiger partial charge in [0.2, 0.25) is 0 Å². The lowest BCUT2D eigenvalue weighted by Gasteiger charge is -2.46. The Morgan fingerprint density at radius 1 is 1.30 bits per heavy atom. The van der Waals surface area contributed by atoms with Gasteiger partial charge in [-0.3, -0.25) is 4.90 Å². The van der Waals surface area contributed by atoms with Crippen molar-refractivity contribution in [2.75, 3.05) is 19.1 Å². The highest BCUT2D eigenvalue weighted by atomic mass is 35.5. The van der Waals surface area contributed by atoms with Crippen molar-refractivity contribution >= 4 is 23.3 Å². The van der Waals surface area contributed by atoms with E-state index in [1.54, 1.807) is 25.1 Å². The van der Waals surface area contributed by atoms with Crippen LogP contribution in [0, 0.1) is 0 Å². The van der Waals surface area contributed by atoms with E-state index in [0.717, 1.165) is 42.7 Å². The van der Waals surface area contributed by atoms with Gasteiger partial charge in [0.1, 0.15) is 5.75 Å². The number of ether oxygens (including phenoxy) is 1. The van der Waals surface area contributed by atoms with E-state index in [-0.39, 0.29) is 11.6 Å². The summed E-state index contributed by atoms with van der Waals surface area (Å²) in [6.45, 7) is 0. The zero-order chi connectivity index (χ0) is 14.3. The number of carbonyl (C=O) groups excluding carboxylic acids is 1. The maximum atomic E-state index is 12.3. The van der Waals surface area contributed by atoms with Crippen molar-refractivity contribution in [3.63, 3.8) is 0 Å². The van der Waals surface area contributed by atoms with E-state index in [0.29, 0.717) is 5.02 Å². The lowest BCUT2D eigenvalue weighted by molar-refractivity contribution is 0.200. The number of anilines is 1. The van der Waals surface area contributed by atoms with Crippen LogP contribution in [0.4, 0.5) is 10.5 Å². The molecule has 0 unspecified atom stereocenters. The van der Waals surface area contributed by atoms with E-state index in [1.807, 2.05) is 6.07 Å². The van der Waals surface area contributed by atoms with Gasteiger partial charge in [0.15, 0.2) is 0 Å². The van der Waals surface area contributed by atoms with Crippen molar-refractivity contribution in [1.82, 2.24) is 5.32 Å². The van der Waals surface area contributed by atoms with Gasteiger partial charge in [-0.1, -0.05) is 30.9 Å². The van der Waals surface area contributed by atoms with E-state index in [9.17, 15) is 4.79 Å². The molecule has 1 heterocycles. The van der Waals surface area contributed by atoms with Gasteiger partial charge in [0.05, 0.1) is 23.4 Å². The van der Waals surface area contributed by atoms with Crippen LogP contribution >= 0.6 is 11.6 Å². The molecule has 1 saturated carbocycles. The quantitative estimate of drug-likeness (QED) is 0.858. The molecule has 4 nitrogen and oxygen atoms in total. The number of hydrogen-bond donors (Lipinski definition) is 1. The van der Waals surface area contributed by atoms with Crippen LogP contribution in [-0.4, -0.2) is 20.2 Å². The molecule has 2 aliphatic rings. The zero-order valence-electron chi connectivity index (χ0n) is 11.8. The van der Waals surface area contributed by atoms with Crippen molar-refractivity contribution < 1.29 is 9.53 Å². The average Bonchev–Trinajstić information content (AvgIpc) is 2.46. The Labute approximate surface area is 124 Å². The zero-order valence-corrected chi connectivity index (χ0v) is 12.6. The highest BCUT2D eigenvalue weighted by Crippen LogP contribution is 2.50. The van der Waals surface area contributed by atoms with E-state index in [1.165, 1.54) is 6.42 Å². The first kappa shape index (κ1) is 13.6. The molecule has 2 amide bonds. The van der Waals surface area contributed by atoms with Gasteiger partial charge in [-0.05, 0) is 25.0 Å². The van der Waals surface area contributed by atoms with Crippen LogP contribution in [0.3, 0.4) is 0 Å². The van der Waals surface area contributed by atoms with Crippen molar-refractivity contribution in [1.29, 1.82) is 0 Å². The topological polar surface area (TPSA) is 41.6 Å². The highest BCUT2D eigenvalue weighted by Gasteiger charge is 2.45. The molecular formula is C15H19ClN2O2. The molecule has 108 valence electrons. The standard InChI is InChI=1S/C15H19ClN2O2/c1-18-13-10(16)6-7-11(20-2)12(13)15(17-14(18)19)8-4-3-5-9-15/h6-7H,3-5,8-9H2,1-2H3,(H,17,19). The van der Waals surface area contributed by atoms with E-state index in [2.05, 4.69) is 5.32 Å². The number of urea groups is 1. The van der Waals surface area contributed by atoms with Crippen molar-refractivity contribution in [3.05, 3.63) is 22.7 Å². The molecule has 1 spiro atoms. The number of rotatable bonds is 1. The fourth-order valence-electron chi connectivity index (χ4n) is 3.49. The summed E-state index contributed by atoms with van der Waals surface area (Å²) in [5.41, 5.74) is 1.50. The second-order valence-electron chi connectivity index (χ2n) is 5.61. The maximum absolute atomic E-state index is 12.3. The normalized spacial score (nSPS) is 20.6. The van der Waals surface area contributed by atoms with Crippen LogP contribution in [0.2, 0.25) is 5.02 Å². The molecule has 1 aromatic carbocycles. The molecule has 0 atom stereocenters. The summed E-state index contributed by atoms with van der Waals surface area (Å²) < 4.78 is 5.54. The van der Waals surface area contributed by atoms with E-state index >= 15 is 0 Å². The number of halogens is 1. The van der Waals surface area contributed by atoms with Crippen LogP contribution in [0.15, 0.2) is 12.1 Å². The second-order valence-corrected chi connectivity index (χ2v) is 6.01. The third-order valence-corrected chi connectivity index (χ3v) is 4.79. The smallest absolute Gasteiger partial charge is 0.322 e. The Morgan fingerprint density at radius 2 is 2.00 bits per heavy atom. The Kier molecular flexibility index (Phi) is 3.28. The molecule has 5 heteroatoms. The molecule has 1 aromatic rings. The predicted molar refractivity (Wildman–Crippen MR) is 79.7 cm³/mol. The van der Waals surface area contributed by atoms with Crippen molar-refractivity contribution in [2.45, 2.75) is 37.6 Å². The number of carbonyl (C=O) groups is 1. The number of hydrogen-bond acceptors (Lipinski definition) is 2. The number of methoxy groups -OCH3 is 1. The number of fused-ring (bicyclic) bond motifs is 2. The molecule has 0 aromatic heterocycles. The first-order valence-electron chi connectivity index (χ1n) is 7.02. The Bertz CT molecular complexity index is 553. The van der Waals surface area contributed by atoms with Gasteiger partial charge in [-0.25, -0.2) is 4.79 Å². The fourth-order valence-corrected chi connectivity index (χ4v) is 3.77. The van der Waals surface area contributed by atoms with Crippen LogP contribution in [0.25, 0.3) is 0 Å². The maximum Gasteiger partial charge on any atom is 0.322 e. The summed E-state index contributed by atoms with van der Waals surface area (Å²) in [6, 6.07) is 3.60. The van der Waals surface area contributed by atoms with Gasteiger partial charge in [0.25, 0.3) is 0 Å². The van der Waals surface area contributed by atoms with Crippen LogP contribution in [-0.2, 0) is 5.54 Å². The van der Waals surface area contributed by atoms with Crippen LogP contribution in [0.5, 0.6) is 5.75 Å². The van der Waals surface area contributed by atoms with Crippen molar-refractivity contribution in [3.8, 4) is 5.75 Å². The predicted octanol–water partition coefficient (Wildman–Crippen LogP) is 3.67. The van der Waals surface area contributed by atoms with Crippen molar-refractivity contribution in [2.24, 2.45) is 0 Å². The van der Waals surface area contributed by atoms with Gasteiger partial charge < -0.3 is 10.1 Å². The molecule has 1 aliphatic carbocycles. The average molecular weight is 295 g/mol. The second kappa shape index (κ2) is 4.85. The summed E-state index contributed by atoms with van der Waals surface area (Å²) >= 11 is 6.36. The van der Waals surface area contributed by atoms with Crippen LogP contribution < -0.4 is 15.0 Å². The minimum absolute atomic E-state index is 0.0884. The minimum Gasteiger partial charge on any atom is -0.496 e. The van der Waals surface area contributed by atoms with Gasteiger partial charge in [0, 0.05) is 12.6 Å². The SMILES string of the molecule is COc1ccc(Cl)c2c1C1(CCCCC1)NC(=O)N2C. The fraction of sp³-hybridized carbons (Fsp3) is 0.533. The summed E-state index contributed by atoms with van der Waals surface area (Å²) in [5, 5.41) is 3.79. The van der Waals surface area contributed by atoms with E-state index in [4.69, 9.17) is 16.3 Å². The molecule has 20 heavy (non-hydrogen) atoms. The molecule has 1 aliphatic heterocycles. The first-order valence-corrected chi connectivity index (χ1v) is 7.40. The lowest BCUT2D eigenvalue weighted by Crippen LogP contribution is -2.56. The summed E-state index contributed by atoms with van der Waals surface area (Å²) in [7, 11) is 3.41. The molecular weight excluding hydrogens is 276 g/mol. The lowest BCUT2D eigenvalue weighted by atomic mass is 9.74. The molecule has 0 bridgehead atoms. The number of amides is 2. The number of nitrogens with one attached hydrogen (secondary N) is 1. The van der Waals surface area contributed by atoms with E-state index < -0.39 is 0 Å². The van der Waals surface area contributed by atoms with Crippen LogP contribution in [0.1, 0.15) is 37.7 Å². The molecule has 0 radical (unpaired) electrons. The van der Waals surface area contributed by atoms with Gasteiger partial charge >= 0.3 is 6.03 Å². The summed E-state index contributed by atoms with van der Waals surface area (Å²) in [6.07, 6.45) is 5.32. The number of nitrogens with zero attached hydrogens (tertiary/aromatic N) is 1. The minimum atomic E-state index is -0.326. The summed E-state index contributed by atoms with van der Waals surface area (Å²) in [4.78, 5) is 13.9. The monoisotopic (exact) mass is 294 g/mol.